The molecule has 2 saturated heterocycles. The average Bonchev–Trinajstić information content (AvgIpc) is 3.04. The summed E-state index contributed by atoms with van der Waals surface area (Å²) in [5.74, 6) is 0.355. The zero-order valence-corrected chi connectivity index (χ0v) is 16.2. The van der Waals surface area contributed by atoms with E-state index < -0.39 is 5.66 Å². The topological polar surface area (TPSA) is 73.9 Å². The third-order valence-electron chi connectivity index (χ3n) is 5.19. The summed E-state index contributed by atoms with van der Waals surface area (Å²) in [6.45, 7) is 1.03. The maximum Gasteiger partial charge on any atom is 0.338 e. The van der Waals surface area contributed by atoms with Crippen LogP contribution in [0, 0.1) is 0 Å². The molecular weight excluding hydrogens is 380 g/mol. The molecule has 4 rings (SSSR count). The maximum atomic E-state index is 12.9. The third kappa shape index (κ3) is 3.39. The SMILES string of the molecule is COc1cc(Cl)ccc1C(=O)N1CCC2(CC1)NC(=O)N(c1ccccc1)N2. The summed E-state index contributed by atoms with van der Waals surface area (Å²) in [4.78, 5) is 27.1. The van der Waals surface area contributed by atoms with Gasteiger partial charge < -0.3 is 15.0 Å². The molecule has 0 aliphatic carbocycles. The molecule has 2 aromatic carbocycles. The molecule has 2 aliphatic heterocycles. The van der Waals surface area contributed by atoms with Crippen LogP contribution in [0.15, 0.2) is 48.5 Å². The van der Waals surface area contributed by atoms with E-state index in [1.165, 1.54) is 12.1 Å². The van der Waals surface area contributed by atoms with Gasteiger partial charge in [0.05, 0.1) is 18.4 Å². The van der Waals surface area contributed by atoms with Gasteiger partial charge in [0.1, 0.15) is 11.4 Å². The number of urea groups is 1. The van der Waals surface area contributed by atoms with Gasteiger partial charge >= 0.3 is 6.03 Å². The van der Waals surface area contributed by atoms with Gasteiger partial charge in [0.25, 0.3) is 5.91 Å². The Labute approximate surface area is 168 Å². The summed E-state index contributed by atoms with van der Waals surface area (Å²) in [6, 6.07) is 14.2. The number of rotatable bonds is 3. The number of para-hydroxylation sites is 1. The molecule has 0 bridgehead atoms. The van der Waals surface area contributed by atoms with Gasteiger partial charge in [0.2, 0.25) is 0 Å². The Morgan fingerprint density at radius 3 is 2.54 bits per heavy atom. The predicted molar refractivity (Wildman–Crippen MR) is 106 cm³/mol. The lowest BCUT2D eigenvalue weighted by Gasteiger charge is -2.39. The monoisotopic (exact) mass is 400 g/mol. The van der Waals surface area contributed by atoms with Crippen molar-refractivity contribution in [2.75, 3.05) is 25.2 Å². The fourth-order valence-electron chi connectivity index (χ4n) is 3.65. The quantitative estimate of drug-likeness (QED) is 0.830. The number of hydrogen-bond acceptors (Lipinski definition) is 4. The molecule has 2 aromatic rings. The van der Waals surface area contributed by atoms with E-state index in [-0.39, 0.29) is 11.9 Å². The molecule has 0 radical (unpaired) electrons. The molecule has 146 valence electrons. The summed E-state index contributed by atoms with van der Waals surface area (Å²) in [6.07, 6.45) is 1.20. The van der Waals surface area contributed by atoms with E-state index in [9.17, 15) is 9.59 Å². The molecule has 2 aliphatic rings. The Morgan fingerprint density at radius 1 is 1.14 bits per heavy atom. The summed E-state index contributed by atoms with van der Waals surface area (Å²) in [5, 5.41) is 5.09. The molecule has 0 atom stereocenters. The van der Waals surface area contributed by atoms with Gasteiger partial charge in [0, 0.05) is 31.0 Å². The van der Waals surface area contributed by atoms with Gasteiger partial charge in [-0.3, -0.25) is 4.79 Å². The van der Waals surface area contributed by atoms with Gasteiger partial charge in [-0.1, -0.05) is 29.8 Å². The minimum absolute atomic E-state index is 0.104. The van der Waals surface area contributed by atoms with Crippen molar-refractivity contribution in [2.45, 2.75) is 18.5 Å². The zero-order valence-electron chi connectivity index (χ0n) is 15.4. The normalized spacial score (nSPS) is 18.3. The summed E-state index contributed by atoms with van der Waals surface area (Å²) >= 11 is 5.99. The van der Waals surface area contributed by atoms with Crippen LogP contribution in [-0.2, 0) is 0 Å². The van der Waals surface area contributed by atoms with Crippen LogP contribution in [0.25, 0.3) is 0 Å². The molecular formula is C20H21ClN4O3. The number of carbonyl (C=O) groups is 2. The van der Waals surface area contributed by atoms with Crippen LogP contribution in [0.4, 0.5) is 10.5 Å². The minimum atomic E-state index is -0.548. The van der Waals surface area contributed by atoms with E-state index in [0.29, 0.717) is 42.3 Å². The highest BCUT2D eigenvalue weighted by molar-refractivity contribution is 6.30. The number of piperidine rings is 1. The summed E-state index contributed by atoms with van der Waals surface area (Å²) in [7, 11) is 1.52. The fraction of sp³-hybridized carbons (Fsp3) is 0.300. The second-order valence-corrected chi connectivity index (χ2v) is 7.37. The summed E-state index contributed by atoms with van der Waals surface area (Å²) in [5.41, 5.74) is 4.01. The second kappa shape index (κ2) is 7.33. The van der Waals surface area contributed by atoms with Crippen LogP contribution >= 0.6 is 11.6 Å². The first-order chi connectivity index (χ1) is 13.5. The van der Waals surface area contributed by atoms with E-state index in [2.05, 4.69) is 10.7 Å². The Morgan fingerprint density at radius 2 is 1.86 bits per heavy atom. The first kappa shape index (κ1) is 18.6. The number of anilines is 1. The number of carbonyl (C=O) groups excluding carboxylic acids is 2. The number of nitrogens with one attached hydrogen (secondary N) is 2. The lowest BCUT2D eigenvalue weighted by atomic mass is 9.97. The van der Waals surface area contributed by atoms with Crippen LogP contribution in [0.1, 0.15) is 23.2 Å². The van der Waals surface area contributed by atoms with E-state index in [1.54, 1.807) is 23.1 Å². The molecule has 0 aromatic heterocycles. The van der Waals surface area contributed by atoms with Crippen LogP contribution in [0.5, 0.6) is 5.75 Å². The standard InChI is InChI=1S/C20H21ClN4O3/c1-28-17-13-14(21)7-8-16(17)18(26)24-11-9-20(10-12-24)22-19(27)25(23-20)15-5-3-2-4-6-15/h2-8,13,23H,9-12H2,1H3,(H,22,27). The number of methoxy groups -OCH3 is 1. The molecule has 3 amide bonds. The number of benzene rings is 2. The highest BCUT2D eigenvalue weighted by atomic mass is 35.5. The largest absolute Gasteiger partial charge is 0.496 e. The van der Waals surface area contributed by atoms with E-state index in [0.717, 1.165) is 5.69 Å². The van der Waals surface area contributed by atoms with Crippen molar-refractivity contribution < 1.29 is 14.3 Å². The maximum absolute atomic E-state index is 12.9. The molecule has 1 spiro atoms. The number of halogens is 1. The number of hydrogen-bond donors (Lipinski definition) is 2. The number of amides is 3. The van der Waals surface area contributed by atoms with Crippen molar-refractivity contribution in [3.8, 4) is 5.75 Å². The van der Waals surface area contributed by atoms with Gasteiger partial charge in [0.15, 0.2) is 0 Å². The van der Waals surface area contributed by atoms with Crippen molar-refractivity contribution in [1.82, 2.24) is 15.6 Å². The lowest BCUT2D eigenvalue weighted by Crippen LogP contribution is -2.58. The van der Waals surface area contributed by atoms with Crippen molar-refractivity contribution in [1.29, 1.82) is 0 Å². The van der Waals surface area contributed by atoms with Crippen molar-refractivity contribution in [3.63, 3.8) is 0 Å². The van der Waals surface area contributed by atoms with Gasteiger partial charge in [-0.05, 0) is 30.3 Å². The zero-order chi connectivity index (χ0) is 19.7. The van der Waals surface area contributed by atoms with E-state index in [1.807, 2.05) is 30.3 Å². The van der Waals surface area contributed by atoms with Crippen molar-refractivity contribution in [2.24, 2.45) is 0 Å². The van der Waals surface area contributed by atoms with Gasteiger partial charge in [-0.25, -0.2) is 15.2 Å². The molecule has 2 heterocycles. The van der Waals surface area contributed by atoms with E-state index >= 15 is 0 Å². The van der Waals surface area contributed by atoms with Crippen molar-refractivity contribution in [3.05, 3.63) is 59.1 Å². The van der Waals surface area contributed by atoms with Crippen LogP contribution in [0.2, 0.25) is 5.02 Å². The third-order valence-corrected chi connectivity index (χ3v) is 5.42. The molecule has 0 saturated carbocycles. The van der Waals surface area contributed by atoms with Gasteiger partial charge in [-0.2, -0.15) is 0 Å². The first-order valence-electron chi connectivity index (χ1n) is 9.09. The highest BCUT2D eigenvalue weighted by Crippen LogP contribution is 2.30. The Hall–Kier alpha value is -2.77. The Balaban J connectivity index is 1.45. The molecule has 2 N–H and O–H groups in total. The number of ether oxygens (including phenoxy) is 1. The van der Waals surface area contributed by atoms with Crippen LogP contribution < -0.4 is 20.5 Å². The molecule has 2 fully saturated rings. The molecule has 0 unspecified atom stereocenters. The Bertz CT molecular complexity index is 898. The average molecular weight is 401 g/mol. The molecule has 28 heavy (non-hydrogen) atoms. The van der Waals surface area contributed by atoms with E-state index in [4.69, 9.17) is 16.3 Å². The number of likely N-dealkylation sites (tertiary alicyclic amines) is 1. The number of nitrogens with zero attached hydrogens (tertiary/aromatic N) is 2. The van der Waals surface area contributed by atoms with Gasteiger partial charge in [-0.15, -0.1) is 0 Å². The molecule has 8 heteroatoms. The minimum Gasteiger partial charge on any atom is -0.496 e. The lowest BCUT2D eigenvalue weighted by molar-refractivity contribution is 0.0637. The predicted octanol–water partition coefficient (Wildman–Crippen LogP) is 3.02. The van der Waals surface area contributed by atoms with Crippen molar-refractivity contribution >= 4 is 29.2 Å². The smallest absolute Gasteiger partial charge is 0.338 e. The highest BCUT2D eigenvalue weighted by Gasteiger charge is 2.45. The first-order valence-corrected chi connectivity index (χ1v) is 9.47. The fourth-order valence-corrected chi connectivity index (χ4v) is 3.81. The Kier molecular flexibility index (Phi) is 4.87. The summed E-state index contributed by atoms with van der Waals surface area (Å²) < 4.78 is 5.30. The molecule has 7 nitrogen and oxygen atoms in total. The number of hydrazine groups is 1. The van der Waals surface area contributed by atoms with Crippen LogP contribution in [-0.4, -0.2) is 42.7 Å². The second-order valence-electron chi connectivity index (χ2n) is 6.93. The van der Waals surface area contributed by atoms with Crippen LogP contribution in [0.3, 0.4) is 0 Å².